The molecule has 106 valence electrons. The molecular formula is C16H14Cl3F. The van der Waals surface area contributed by atoms with Crippen LogP contribution >= 0.6 is 34.8 Å². The fourth-order valence-corrected chi connectivity index (χ4v) is 2.49. The molecular weight excluding hydrogens is 318 g/mol. The zero-order valence-corrected chi connectivity index (χ0v) is 13.4. The topological polar surface area (TPSA) is 0 Å². The summed E-state index contributed by atoms with van der Waals surface area (Å²) < 4.78 is 11.6. The van der Waals surface area contributed by atoms with Crippen LogP contribution in [-0.2, 0) is 9.21 Å². The fraction of sp³-hybridized carbons (Fsp3) is 0.250. The summed E-state index contributed by atoms with van der Waals surface area (Å²) in [6.45, 7) is 4.15. The van der Waals surface area contributed by atoms with Gasteiger partial charge in [0.15, 0.2) is 0 Å². The third-order valence-electron chi connectivity index (χ3n) is 3.50. The number of alkyl halides is 3. The van der Waals surface area contributed by atoms with Gasteiger partial charge in [-0.25, -0.2) is 4.39 Å². The molecule has 0 nitrogen and oxygen atoms in total. The zero-order chi connectivity index (χ0) is 15.0. The average Bonchev–Trinajstić information content (AvgIpc) is 2.38. The summed E-state index contributed by atoms with van der Waals surface area (Å²) in [5.41, 5.74) is 2.48. The molecule has 2 aromatic rings. The molecule has 4 heteroatoms. The Morgan fingerprint density at radius 3 is 1.45 bits per heavy atom. The van der Waals surface area contributed by atoms with Crippen LogP contribution in [0.1, 0.15) is 30.5 Å². The van der Waals surface area contributed by atoms with E-state index in [0.29, 0.717) is 5.56 Å². The largest absolute Gasteiger partial charge is 0.216 e. The first-order valence-electron chi connectivity index (χ1n) is 6.15. The smallest absolute Gasteiger partial charge is 0.207 e. The van der Waals surface area contributed by atoms with Crippen LogP contribution in [-0.4, -0.2) is 0 Å². The van der Waals surface area contributed by atoms with E-state index < -0.39 is 3.79 Å². The van der Waals surface area contributed by atoms with Crippen molar-refractivity contribution in [3.05, 3.63) is 71.0 Å². The van der Waals surface area contributed by atoms with E-state index in [0.717, 1.165) is 11.1 Å². The molecule has 2 rings (SSSR count). The summed E-state index contributed by atoms with van der Waals surface area (Å²) in [5.74, 6) is -0.240. The number of rotatable bonds is 2. The van der Waals surface area contributed by atoms with Gasteiger partial charge in [-0.3, -0.25) is 0 Å². The Labute approximate surface area is 133 Å². The predicted octanol–water partition coefficient (Wildman–Crippen LogP) is 5.98. The number of hydrogen-bond donors (Lipinski definition) is 0. The summed E-state index contributed by atoms with van der Waals surface area (Å²) in [4.78, 5) is 0. The molecule has 0 aliphatic heterocycles. The summed E-state index contributed by atoms with van der Waals surface area (Å²) in [7, 11) is 0. The van der Waals surface area contributed by atoms with E-state index in [9.17, 15) is 4.39 Å². The Bertz CT molecular complexity index is 581. The van der Waals surface area contributed by atoms with Crippen molar-refractivity contribution in [3.8, 4) is 0 Å². The summed E-state index contributed by atoms with van der Waals surface area (Å²) in [5, 5.41) is 0. The molecule has 0 aliphatic carbocycles. The Hall–Kier alpha value is -0.760. The Kier molecular flexibility index (Phi) is 4.34. The summed E-state index contributed by atoms with van der Waals surface area (Å²) in [6.07, 6.45) is 0. The Morgan fingerprint density at radius 1 is 0.700 bits per heavy atom. The Balaban J connectivity index is 2.37. The van der Waals surface area contributed by atoms with E-state index in [2.05, 4.69) is 13.8 Å². The number of benzene rings is 2. The van der Waals surface area contributed by atoms with Crippen LogP contribution < -0.4 is 0 Å². The molecule has 0 bridgehead atoms. The van der Waals surface area contributed by atoms with Crippen molar-refractivity contribution in [3.63, 3.8) is 0 Å². The van der Waals surface area contributed by atoms with Crippen molar-refractivity contribution in [1.82, 2.24) is 0 Å². The molecule has 0 N–H and O–H groups in total. The molecule has 0 amide bonds. The van der Waals surface area contributed by atoms with Gasteiger partial charge < -0.3 is 0 Å². The minimum absolute atomic E-state index is 0.240. The predicted molar refractivity (Wildman–Crippen MR) is 84.2 cm³/mol. The molecule has 2 aromatic carbocycles. The fourth-order valence-electron chi connectivity index (χ4n) is 2.11. The molecule has 0 fully saturated rings. The average molecular weight is 332 g/mol. The molecule has 0 aromatic heterocycles. The van der Waals surface area contributed by atoms with Gasteiger partial charge in [-0.2, -0.15) is 0 Å². The molecule has 0 saturated carbocycles. The number of hydrogen-bond acceptors (Lipinski definition) is 0. The lowest BCUT2D eigenvalue weighted by Crippen LogP contribution is -2.19. The highest BCUT2D eigenvalue weighted by Gasteiger charge is 2.26. The molecule has 0 aliphatic rings. The van der Waals surface area contributed by atoms with E-state index in [-0.39, 0.29) is 11.2 Å². The molecule has 20 heavy (non-hydrogen) atoms. The van der Waals surface area contributed by atoms with Crippen LogP contribution in [0.2, 0.25) is 0 Å². The highest BCUT2D eigenvalue weighted by atomic mass is 35.6. The molecule has 0 spiro atoms. The lowest BCUT2D eigenvalue weighted by Gasteiger charge is -2.26. The van der Waals surface area contributed by atoms with Crippen LogP contribution in [0.3, 0.4) is 0 Å². The number of halogens is 4. The van der Waals surface area contributed by atoms with Crippen molar-refractivity contribution in [2.24, 2.45) is 0 Å². The van der Waals surface area contributed by atoms with Gasteiger partial charge >= 0.3 is 0 Å². The zero-order valence-electron chi connectivity index (χ0n) is 11.1. The maximum Gasteiger partial charge on any atom is 0.216 e. The van der Waals surface area contributed by atoms with Crippen LogP contribution in [0.15, 0.2) is 48.5 Å². The lowest BCUT2D eigenvalue weighted by atomic mass is 9.78. The van der Waals surface area contributed by atoms with Gasteiger partial charge in [0.1, 0.15) is 5.82 Å². The van der Waals surface area contributed by atoms with E-state index >= 15 is 0 Å². The van der Waals surface area contributed by atoms with Crippen molar-refractivity contribution in [2.75, 3.05) is 0 Å². The van der Waals surface area contributed by atoms with Crippen LogP contribution in [0.4, 0.5) is 4.39 Å². The van der Waals surface area contributed by atoms with Gasteiger partial charge in [0.2, 0.25) is 3.79 Å². The standard InChI is InChI=1S/C16H14Cl3F/c1-15(2,12-7-9-14(20)10-8-12)11-3-5-13(6-4-11)16(17,18)19/h3-10H,1-2H3. The molecule has 0 atom stereocenters. The minimum atomic E-state index is -1.42. The Morgan fingerprint density at radius 2 is 1.05 bits per heavy atom. The molecule has 0 saturated heterocycles. The highest BCUT2D eigenvalue weighted by molar-refractivity contribution is 6.66. The van der Waals surface area contributed by atoms with Gasteiger partial charge in [-0.1, -0.05) is 85.0 Å². The van der Waals surface area contributed by atoms with Crippen LogP contribution in [0.25, 0.3) is 0 Å². The normalized spacial score (nSPS) is 12.5. The maximum atomic E-state index is 13.0. The second kappa shape index (κ2) is 5.55. The van der Waals surface area contributed by atoms with E-state index in [1.807, 2.05) is 12.1 Å². The quantitative estimate of drug-likeness (QED) is 0.594. The van der Waals surface area contributed by atoms with E-state index in [1.165, 1.54) is 12.1 Å². The van der Waals surface area contributed by atoms with Crippen LogP contribution in [0, 0.1) is 5.82 Å². The van der Waals surface area contributed by atoms with Gasteiger partial charge in [0.05, 0.1) is 0 Å². The highest BCUT2D eigenvalue weighted by Crippen LogP contribution is 2.39. The maximum absolute atomic E-state index is 13.0. The van der Waals surface area contributed by atoms with Gasteiger partial charge in [-0.15, -0.1) is 0 Å². The second-order valence-corrected chi connectivity index (χ2v) is 7.49. The van der Waals surface area contributed by atoms with Crippen LogP contribution in [0.5, 0.6) is 0 Å². The minimum Gasteiger partial charge on any atom is -0.207 e. The second-order valence-electron chi connectivity index (χ2n) is 5.21. The third kappa shape index (κ3) is 3.28. The van der Waals surface area contributed by atoms with Crippen molar-refractivity contribution in [1.29, 1.82) is 0 Å². The summed E-state index contributed by atoms with van der Waals surface area (Å²) >= 11 is 17.5. The monoisotopic (exact) mass is 330 g/mol. The first-order chi connectivity index (χ1) is 9.21. The third-order valence-corrected chi connectivity index (χ3v) is 4.15. The molecule has 0 heterocycles. The summed E-state index contributed by atoms with van der Waals surface area (Å²) in [6, 6.07) is 14.0. The van der Waals surface area contributed by atoms with Gasteiger partial charge in [0.25, 0.3) is 0 Å². The van der Waals surface area contributed by atoms with E-state index in [1.54, 1.807) is 24.3 Å². The van der Waals surface area contributed by atoms with E-state index in [4.69, 9.17) is 34.8 Å². The lowest BCUT2D eigenvalue weighted by molar-refractivity contribution is 0.613. The molecule has 0 radical (unpaired) electrons. The SMILES string of the molecule is CC(C)(c1ccc(F)cc1)c1ccc(C(Cl)(Cl)Cl)cc1. The van der Waals surface area contributed by atoms with Gasteiger partial charge in [0, 0.05) is 11.0 Å². The first-order valence-corrected chi connectivity index (χ1v) is 7.28. The first kappa shape index (κ1) is 15.6. The van der Waals surface area contributed by atoms with Gasteiger partial charge in [-0.05, 0) is 23.3 Å². The van der Waals surface area contributed by atoms with Crippen molar-refractivity contribution < 1.29 is 4.39 Å². The van der Waals surface area contributed by atoms with Crippen molar-refractivity contribution in [2.45, 2.75) is 23.1 Å². The molecule has 0 unspecified atom stereocenters. The van der Waals surface area contributed by atoms with Crippen molar-refractivity contribution >= 4 is 34.8 Å².